The Morgan fingerprint density at radius 3 is 2.72 bits per heavy atom. The van der Waals surface area contributed by atoms with Crippen LogP contribution in [0.1, 0.15) is 18.4 Å². The minimum Gasteiger partial charge on any atom is -0.481 e. The van der Waals surface area contributed by atoms with Gasteiger partial charge in [-0.25, -0.2) is 4.98 Å². The molecule has 168 valence electrons. The molecular weight excluding hydrogens is 450 g/mol. The Morgan fingerprint density at radius 2 is 2.00 bits per heavy atom. The maximum absolute atomic E-state index is 13.4. The molecule has 2 aromatic heterocycles. The lowest BCUT2D eigenvalue weighted by Crippen LogP contribution is -2.45. The smallest absolute Gasteiger partial charge is 0.303 e. The molecule has 0 radical (unpaired) electrons. The fraction of sp³-hybridized carbons (Fsp3) is 0.381. The molecular formula is C21H23N5O4S2. The summed E-state index contributed by atoms with van der Waals surface area (Å²) >= 11 is 6.46. The lowest BCUT2D eigenvalue weighted by molar-refractivity contribution is -0.137. The molecule has 2 aliphatic heterocycles. The van der Waals surface area contributed by atoms with Gasteiger partial charge in [0.25, 0.3) is 11.5 Å². The summed E-state index contributed by atoms with van der Waals surface area (Å²) in [4.78, 5) is 47.9. The molecule has 0 saturated carbocycles. The molecule has 0 aromatic carbocycles. The van der Waals surface area contributed by atoms with Gasteiger partial charge in [0.2, 0.25) is 0 Å². The SMILES string of the molecule is CN1CCN(c2nc3ccccn3c(=O)c2/C=C2\SC(=S)N(CCCC(=O)O)C2=O)CC1. The highest BCUT2D eigenvalue weighted by Crippen LogP contribution is 2.33. The third-order valence-corrected chi connectivity index (χ3v) is 6.85. The highest BCUT2D eigenvalue weighted by molar-refractivity contribution is 8.26. The fourth-order valence-electron chi connectivity index (χ4n) is 3.69. The number of likely N-dealkylation sites (N-methyl/N-ethyl adjacent to an activating group) is 1. The van der Waals surface area contributed by atoms with Crippen LogP contribution in [0, 0.1) is 0 Å². The van der Waals surface area contributed by atoms with Crippen LogP contribution in [0.25, 0.3) is 11.7 Å². The number of carbonyl (C=O) groups is 2. The minimum atomic E-state index is -0.918. The zero-order chi connectivity index (χ0) is 22.8. The van der Waals surface area contributed by atoms with Crippen molar-refractivity contribution in [2.45, 2.75) is 12.8 Å². The van der Waals surface area contributed by atoms with E-state index in [-0.39, 0.29) is 24.4 Å². The molecule has 9 nitrogen and oxygen atoms in total. The summed E-state index contributed by atoms with van der Waals surface area (Å²) < 4.78 is 1.83. The molecule has 0 unspecified atom stereocenters. The van der Waals surface area contributed by atoms with E-state index in [0.29, 0.717) is 32.7 Å². The van der Waals surface area contributed by atoms with Gasteiger partial charge in [-0.2, -0.15) is 0 Å². The van der Waals surface area contributed by atoms with Crippen LogP contribution >= 0.6 is 24.0 Å². The summed E-state index contributed by atoms with van der Waals surface area (Å²) in [5.41, 5.74) is 0.648. The third-order valence-electron chi connectivity index (χ3n) is 5.47. The van der Waals surface area contributed by atoms with Gasteiger partial charge in [-0.3, -0.25) is 23.7 Å². The van der Waals surface area contributed by atoms with Crippen molar-refractivity contribution < 1.29 is 14.7 Å². The number of pyridine rings is 1. The van der Waals surface area contributed by atoms with E-state index >= 15 is 0 Å². The number of carboxylic acid groups (broad SMARTS) is 1. The number of piperazine rings is 1. The number of fused-ring (bicyclic) bond motifs is 1. The van der Waals surface area contributed by atoms with Crippen LogP contribution in [0.4, 0.5) is 5.82 Å². The summed E-state index contributed by atoms with van der Waals surface area (Å²) in [5, 5.41) is 8.85. The van der Waals surface area contributed by atoms with Crippen molar-refractivity contribution in [3.05, 3.63) is 45.2 Å². The maximum Gasteiger partial charge on any atom is 0.303 e. The molecule has 0 spiro atoms. The number of anilines is 1. The molecule has 4 heterocycles. The highest BCUT2D eigenvalue weighted by Gasteiger charge is 2.33. The molecule has 0 bridgehead atoms. The van der Waals surface area contributed by atoms with Gasteiger partial charge >= 0.3 is 5.97 Å². The van der Waals surface area contributed by atoms with Crippen LogP contribution in [0.3, 0.4) is 0 Å². The molecule has 0 atom stereocenters. The first-order valence-corrected chi connectivity index (χ1v) is 11.5. The molecule has 1 amide bonds. The summed E-state index contributed by atoms with van der Waals surface area (Å²) in [7, 11) is 2.05. The lowest BCUT2D eigenvalue weighted by Gasteiger charge is -2.34. The lowest BCUT2D eigenvalue weighted by atomic mass is 10.2. The van der Waals surface area contributed by atoms with E-state index in [1.807, 2.05) is 6.07 Å². The van der Waals surface area contributed by atoms with Crippen LogP contribution in [-0.2, 0) is 9.59 Å². The van der Waals surface area contributed by atoms with E-state index in [1.54, 1.807) is 24.4 Å². The molecule has 1 N–H and O–H groups in total. The average molecular weight is 474 g/mol. The van der Waals surface area contributed by atoms with Crippen LogP contribution in [0.15, 0.2) is 34.1 Å². The van der Waals surface area contributed by atoms with E-state index < -0.39 is 5.97 Å². The first-order chi connectivity index (χ1) is 15.3. The number of hydrogen-bond donors (Lipinski definition) is 1. The van der Waals surface area contributed by atoms with Crippen molar-refractivity contribution in [2.75, 3.05) is 44.7 Å². The van der Waals surface area contributed by atoms with Crippen molar-refractivity contribution in [3.63, 3.8) is 0 Å². The number of rotatable bonds is 6. The van der Waals surface area contributed by atoms with E-state index in [1.165, 1.54) is 9.30 Å². The number of aliphatic carboxylic acids is 1. The topological polar surface area (TPSA) is 98.5 Å². The minimum absolute atomic E-state index is 0.0421. The van der Waals surface area contributed by atoms with Gasteiger partial charge in [-0.1, -0.05) is 30.0 Å². The van der Waals surface area contributed by atoms with Crippen LogP contribution in [-0.4, -0.2) is 80.3 Å². The van der Waals surface area contributed by atoms with Crippen molar-refractivity contribution >= 4 is 57.7 Å². The predicted molar refractivity (Wildman–Crippen MR) is 128 cm³/mol. The van der Waals surface area contributed by atoms with Crippen molar-refractivity contribution in [2.24, 2.45) is 0 Å². The van der Waals surface area contributed by atoms with Crippen molar-refractivity contribution in [1.82, 2.24) is 19.2 Å². The quantitative estimate of drug-likeness (QED) is 0.494. The van der Waals surface area contributed by atoms with E-state index in [2.05, 4.69) is 16.8 Å². The molecule has 2 fully saturated rings. The van der Waals surface area contributed by atoms with Gasteiger partial charge in [0.1, 0.15) is 15.8 Å². The molecule has 2 aliphatic rings. The van der Waals surface area contributed by atoms with Gasteiger partial charge in [0, 0.05) is 45.3 Å². The average Bonchev–Trinajstić information content (AvgIpc) is 3.03. The largest absolute Gasteiger partial charge is 0.481 e. The van der Waals surface area contributed by atoms with E-state index in [0.717, 1.165) is 37.9 Å². The number of amides is 1. The molecule has 0 aliphatic carbocycles. The Labute approximate surface area is 194 Å². The highest BCUT2D eigenvalue weighted by atomic mass is 32.2. The molecule has 2 aromatic rings. The van der Waals surface area contributed by atoms with Gasteiger partial charge in [-0.15, -0.1) is 0 Å². The number of carbonyl (C=O) groups excluding carboxylic acids is 1. The molecule has 32 heavy (non-hydrogen) atoms. The number of thiocarbonyl (C=S) groups is 1. The van der Waals surface area contributed by atoms with Crippen LogP contribution < -0.4 is 10.5 Å². The second-order valence-corrected chi connectivity index (χ2v) is 9.38. The second-order valence-electron chi connectivity index (χ2n) is 7.70. The second kappa shape index (κ2) is 9.39. The van der Waals surface area contributed by atoms with Crippen LogP contribution in [0.5, 0.6) is 0 Å². The number of carboxylic acids is 1. The van der Waals surface area contributed by atoms with Crippen molar-refractivity contribution in [3.8, 4) is 0 Å². The molecule has 11 heteroatoms. The van der Waals surface area contributed by atoms with Gasteiger partial charge in [0.05, 0.1) is 10.5 Å². The van der Waals surface area contributed by atoms with Gasteiger partial charge < -0.3 is 14.9 Å². The first kappa shape index (κ1) is 22.4. The Hall–Kier alpha value is -2.76. The number of thioether (sulfide) groups is 1. The summed E-state index contributed by atoms with van der Waals surface area (Å²) in [5.74, 6) is -0.671. The molecule has 4 rings (SSSR count). The summed E-state index contributed by atoms with van der Waals surface area (Å²) in [6, 6.07) is 5.38. The monoisotopic (exact) mass is 473 g/mol. The van der Waals surface area contributed by atoms with Gasteiger partial charge in [-0.05, 0) is 31.7 Å². The Balaban J connectivity index is 1.72. The standard InChI is InChI=1S/C21H23N5O4S2/c1-23-9-11-24(12-10-23)18-14(19(29)25-7-3-2-5-16(25)22-18)13-15-20(30)26(21(31)32-15)8-4-6-17(27)28/h2-3,5,7,13H,4,6,8-12H2,1H3,(H,27,28)/b15-13-. The van der Waals surface area contributed by atoms with Crippen LogP contribution in [0.2, 0.25) is 0 Å². The Kier molecular flexibility index (Phi) is 6.58. The van der Waals surface area contributed by atoms with Gasteiger partial charge in [0.15, 0.2) is 0 Å². The Morgan fingerprint density at radius 1 is 1.25 bits per heavy atom. The number of aromatic nitrogens is 2. The summed E-state index contributed by atoms with van der Waals surface area (Å²) in [6.07, 6.45) is 3.51. The van der Waals surface area contributed by atoms with E-state index in [9.17, 15) is 14.4 Å². The fourth-order valence-corrected chi connectivity index (χ4v) is 4.98. The predicted octanol–water partition coefficient (Wildman–Crippen LogP) is 1.51. The molecule has 2 saturated heterocycles. The zero-order valence-corrected chi connectivity index (χ0v) is 19.2. The number of nitrogens with zero attached hydrogens (tertiary/aromatic N) is 5. The zero-order valence-electron chi connectivity index (χ0n) is 17.6. The third kappa shape index (κ3) is 4.54. The first-order valence-electron chi connectivity index (χ1n) is 10.3. The summed E-state index contributed by atoms with van der Waals surface area (Å²) in [6.45, 7) is 3.38. The van der Waals surface area contributed by atoms with E-state index in [4.69, 9.17) is 22.3 Å². The number of hydrogen-bond acceptors (Lipinski definition) is 8. The van der Waals surface area contributed by atoms with Crippen molar-refractivity contribution in [1.29, 1.82) is 0 Å². The normalized spacial score (nSPS) is 18.8. The Bertz CT molecular complexity index is 1170. The maximum atomic E-state index is 13.4.